The Balaban J connectivity index is 2.01. The van der Waals surface area contributed by atoms with Crippen LogP contribution in [0.1, 0.15) is 5.56 Å². The molecule has 0 bridgehead atoms. The molecule has 1 aromatic carbocycles. The van der Waals surface area contributed by atoms with Gasteiger partial charge in [-0.3, -0.25) is 0 Å². The summed E-state index contributed by atoms with van der Waals surface area (Å²) in [5.74, 6) is 1.83. The van der Waals surface area contributed by atoms with Gasteiger partial charge in [-0.2, -0.15) is 9.78 Å². The van der Waals surface area contributed by atoms with Gasteiger partial charge in [0.25, 0.3) is 0 Å². The van der Waals surface area contributed by atoms with Crippen molar-refractivity contribution in [1.29, 1.82) is 0 Å². The quantitative estimate of drug-likeness (QED) is 0.594. The number of benzene rings is 1. The van der Waals surface area contributed by atoms with Crippen LogP contribution in [0, 0.1) is 4.77 Å². The number of nitrogens with zero attached hydrogens (tertiary/aromatic N) is 3. The summed E-state index contributed by atoms with van der Waals surface area (Å²) in [5.41, 5.74) is 0.841. The number of aromatic nitrogens is 3. The van der Waals surface area contributed by atoms with E-state index in [9.17, 15) is 0 Å². The normalized spacial score (nSPS) is 11.1. The van der Waals surface area contributed by atoms with E-state index in [2.05, 4.69) is 15.3 Å². The van der Waals surface area contributed by atoms with Crippen molar-refractivity contribution in [2.45, 2.75) is 0 Å². The van der Waals surface area contributed by atoms with E-state index in [1.165, 1.54) is 4.68 Å². The molecule has 0 fully saturated rings. The van der Waals surface area contributed by atoms with Crippen molar-refractivity contribution in [3.63, 3.8) is 0 Å². The third-order valence-electron chi connectivity index (χ3n) is 2.84. The molecule has 0 amide bonds. The number of ether oxygens (including phenoxy) is 1. The summed E-state index contributed by atoms with van der Waals surface area (Å²) >= 11 is 5.18. The lowest BCUT2D eigenvalue weighted by atomic mass is 10.2. The van der Waals surface area contributed by atoms with Gasteiger partial charge in [-0.15, -0.1) is 5.10 Å². The van der Waals surface area contributed by atoms with Gasteiger partial charge in [0.15, 0.2) is 5.76 Å². The van der Waals surface area contributed by atoms with Crippen molar-refractivity contribution < 1.29 is 9.15 Å². The first kappa shape index (κ1) is 13.3. The zero-order chi connectivity index (χ0) is 14.7. The molecule has 0 spiro atoms. The first-order valence-corrected chi connectivity index (χ1v) is 6.59. The van der Waals surface area contributed by atoms with E-state index in [0.717, 1.165) is 11.3 Å². The average Bonchev–Trinajstić information content (AvgIpc) is 3.15. The van der Waals surface area contributed by atoms with Gasteiger partial charge in [0.05, 0.1) is 19.6 Å². The van der Waals surface area contributed by atoms with Crippen molar-refractivity contribution in [3.8, 4) is 17.3 Å². The number of furan rings is 1. The highest BCUT2D eigenvalue weighted by atomic mass is 32.1. The summed E-state index contributed by atoms with van der Waals surface area (Å²) in [6.45, 7) is 0. The van der Waals surface area contributed by atoms with Crippen molar-refractivity contribution in [2.24, 2.45) is 5.10 Å². The highest BCUT2D eigenvalue weighted by Crippen LogP contribution is 2.18. The molecule has 0 aliphatic carbocycles. The molecule has 0 unspecified atom stereocenters. The Bertz CT molecular complexity index is 818. The molecule has 21 heavy (non-hydrogen) atoms. The number of methoxy groups -OCH3 is 1. The second-order valence-electron chi connectivity index (χ2n) is 4.13. The smallest absolute Gasteiger partial charge is 0.219 e. The van der Waals surface area contributed by atoms with Gasteiger partial charge < -0.3 is 9.15 Å². The van der Waals surface area contributed by atoms with Crippen LogP contribution in [0.5, 0.6) is 5.75 Å². The molecular formula is C14H12N4O2S. The van der Waals surface area contributed by atoms with Gasteiger partial charge >= 0.3 is 0 Å². The Kier molecular flexibility index (Phi) is 3.65. The van der Waals surface area contributed by atoms with Crippen molar-refractivity contribution in [2.75, 3.05) is 7.11 Å². The molecule has 2 aromatic heterocycles. The molecule has 3 rings (SSSR count). The number of hydrogen-bond donors (Lipinski definition) is 1. The van der Waals surface area contributed by atoms with Crippen LogP contribution in [-0.4, -0.2) is 28.2 Å². The summed E-state index contributed by atoms with van der Waals surface area (Å²) < 4.78 is 12.5. The number of H-pyrrole nitrogens is 1. The zero-order valence-corrected chi connectivity index (χ0v) is 12.0. The minimum absolute atomic E-state index is 0.382. The van der Waals surface area contributed by atoms with E-state index >= 15 is 0 Å². The fraction of sp³-hybridized carbons (Fsp3) is 0.0714. The number of aromatic amines is 1. The lowest BCUT2D eigenvalue weighted by Gasteiger charge is -2.03. The molecule has 3 aromatic rings. The first-order valence-electron chi connectivity index (χ1n) is 6.18. The Hall–Kier alpha value is -2.67. The number of para-hydroxylation sites is 1. The molecule has 6 nitrogen and oxygen atoms in total. The Morgan fingerprint density at radius 2 is 2.19 bits per heavy atom. The summed E-state index contributed by atoms with van der Waals surface area (Å²) in [7, 11) is 1.62. The highest BCUT2D eigenvalue weighted by Gasteiger charge is 2.10. The van der Waals surface area contributed by atoms with Crippen molar-refractivity contribution in [1.82, 2.24) is 14.9 Å². The standard InChI is InChI=1S/C14H12N4O2S/c1-19-11-6-3-2-5-10(11)9-15-18-13(16-17-14(18)21)12-7-4-8-20-12/h2-9H,1H3,(H,17,21). The van der Waals surface area contributed by atoms with E-state index < -0.39 is 0 Å². The minimum Gasteiger partial charge on any atom is -0.496 e. The van der Waals surface area contributed by atoms with Crippen LogP contribution in [0.3, 0.4) is 0 Å². The third kappa shape index (κ3) is 2.63. The van der Waals surface area contributed by atoms with Gasteiger partial charge in [-0.05, 0) is 36.5 Å². The van der Waals surface area contributed by atoms with Crippen molar-refractivity contribution >= 4 is 18.4 Å². The van der Waals surface area contributed by atoms with E-state index in [0.29, 0.717) is 16.4 Å². The first-order chi connectivity index (χ1) is 10.3. The van der Waals surface area contributed by atoms with Crippen LogP contribution in [0.4, 0.5) is 0 Å². The summed E-state index contributed by atoms with van der Waals surface area (Å²) in [6, 6.07) is 11.1. The Labute approximate surface area is 125 Å². The second-order valence-corrected chi connectivity index (χ2v) is 4.51. The van der Waals surface area contributed by atoms with Gasteiger partial charge in [0.1, 0.15) is 5.75 Å². The number of rotatable bonds is 4. The summed E-state index contributed by atoms with van der Waals surface area (Å²) in [6.07, 6.45) is 3.23. The van der Waals surface area contributed by atoms with Gasteiger partial charge in [-0.1, -0.05) is 12.1 Å². The van der Waals surface area contributed by atoms with Crippen LogP contribution in [0.15, 0.2) is 52.2 Å². The van der Waals surface area contributed by atoms with Crippen LogP contribution < -0.4 is 4.74 Å². The third-order valence-corrected chi connectivity index (χ3v) is 3.11. The lowest BCUT2D eigenvalue weighted by Crippen LogP contribution is -1.96. The molecule has 0 aliphatic heterocycles. The van der Waals surface area contributed by atoms with Gasteiger partial charge in [-0.25, -0.2) is 5.10 Å². The molecule has 0 saturated carbocycles. The van der Waals surface area contributed by atoms with Crippen LogP contribution in [-0.2, 0) is 0 Å². The van der Waals surface area contributed by atoms with Gasteiger partial charge in [0.2, 0.25) is 10.6 Å². The predicted molar refractivity (Wildman–Crippen MR) is 81.1 cm³/mol. The van der Waals surface area contributed by atoms with Crippen LogP contribution >= 0.6 is 12.2 Å². The Morgan fingerprint density at radius 1 is 1.33 bits per heavy atom. The Morgan fingerprint density at radius 3 is 2.95 bits per heavy atom. The molecule has 0 atom stereocenters. The second kappa shape index (κ2) is 5.76. The maximum absolute atomic E-state index is 5.32. The van der Waals surface area contributed by atoms with E-state index in [1.54, 1.807) is 31.7 Å². The molecule has 0 radical (unpaired) electrons. The molecular weight excluding hydrogens is 288 g/mol. The topological polar surface area (TPSA) is 68.3 Å². The van der Waals surface area contributed by atoms with Crippen LogP contribution in [0.2, 0.25) is 0 Å². The maximum Gasteiger partial charge on any atom is 0.219 e. The molecule has 0 aliphatic rings. The zero-order valence-electron chi connectivity index (χ0n) is 11.2. The molecule has 106 valence electrons. The summed E-state index contributed by atoms with van der Waals surface area (Å²) in [5, 5.41) is 11.2. The number of nitrogens with one attached hydrogen (secondary N) is 1. The van der Waals surface area contributed by atoms with E-state index in [-0.39, 0.29) is 0 Å². The molecule has 7 heteroatoms. The SMILES string of the molecule is COc1ccccc1C=Nn1c(-c2ccco2)n[nH]c1=S. The fourth-order valence-corrected chi connectivity index (χ4v) is 2.04. The largest absolute Gasteiger partial charge is 0.496 e. The monoisotopic (exact) mass is 300 g/mol. The molecule has 0 saturated heterocycles. The average molecular weight is 300 g/mol. The number of hydrogen-bond acceptors (Lipinski definition) is 5. The maximum atomic E-state index is 5.32. The molecule has 1 N–H and O–H groups in total. The van der Waals surface area contributed by atoms with E-state index in [1.807, 2.05) is 24.3 Å². The fourth-order valence-electron chi connectivity index (χ4n) is 1.86. The highest BCUT2D eigenvalue weighted by molar-refractivity contribution is 7.71. The van der Waals surface area contributed by atoms with Crippen LogP contribution in [0.25, 0.3) is 11.6 Å². The van der Waals surface area contributed by atoms with Gasteiger partial charge in [0, 0.05) is 5.56 Å². The lowest BCUT2D eigenvalue weighted by molar-refractivity contribution is 0.414. The predicted octanol–water partition coefficient (Wildman–Crippen LogP) is 3.09. The van der Waals surface area contributed by atoms with Crippen molar-refractivity contribution in [3.05, 3.63) is 53.0 Å². The molecule has 2 heterocycles. The van der Waals surface area contributed by atoms with E-state index in [4.69, 9.17) is 21.4 Å². The summed E-state index contributed by atoms with van der Waals surface area (Å²) in [4.78, 5) is 0. The minimum atomic E-state index is 0.382.